The molecule has 1 aromatic carbocycles. The third-order valence-corrected chi connectivity index (χ3v) is 6.89. The Kier molecular flexibility index (Phi) is 9.19. The number of benzene rings is 1. The first kappa shape index (κ1) is 22.0. The fourth-order valence-corrected chi connectivity index (χ4v) is 5.03. The Morgan fingerprint density at radius 3 is 2.41 bits per heavy atom. The predicted molar refractivity (Wildman–Crippen MR) is 121 cm³/mol. The number of carbonyl (C=O) groups is 1. The van der Waals surface area contributed by atoms with Gasteiger partial charge in [-0.1, -0.05) is 87.0 Å². The van der Waals surface area contributed by atoms with Crippen LogP contribution in [0.3, 0.4) is 0 Å². The van der Waals surface area contributed by atoms with E-state index in [4.69, 9.17) is 0 Å². The Morgan fingerprint density at radius 1 is 0.931 bits per heavy atom. The van der Waals surface area contributed by atoms with E-state index in [1.54, 1.807) is 11.8 Å². The number of thioether (sulfide) groups is 1. The molecule has 2 aliphatic rings. The maximum Gasteiger partial charge on any atom is 0.219 e. The Morgan fingerprint density at radius 2 is 1.62 bits per heavy atom. The molecule has 1 amide bonds. The molecular formula is C23H34N4OS. The first-order chi connectivity index (χ1) is 14.3. The fourth-order valence-electron chi connectivity index (χ4n) is 3.91. The van der Waals surface area contributed by atoms with Crippen LogP contribution in [0.5, 0.6) is 0 Å². The van der Waals surface area contributed by atoms with Crippen molar-refractivity contribution in [3.63, 3.8) is 0 Å². The van der Waals surface area contributed by atoms with Crippen molar-refractivity contribution in [2.24, 2.45) is 15.2 Å². The van der Waals surface area contributed by atoms with Crippen molar-refractivity contribution >= 4 is 22.8 Å². The zero-order chi connectivity index (χ0) is 20.2. The van der Waals surface area contributed by atoms with Crippen LogP contribution >= 0.6 is 11.8 Å². The van der Waals surface area contributed by atoms with Crippen LogP contribution in [0.15, 0.2) is 45.6 Å². The number of hydrogen-bond donors (Lipinski definition) is 1. The second kappa shape index (κ2) is 12.1. The number of rotatable bonds is 2. The Balaban J connectivity index is 1.55. The maximum atomic E-state index is 12.0. The zero-order valence-electron chi connectivity index (χ0n) is 17.4. The predicted octanol–water partition coefficient (Wildman–Crippen LogP) is 6.25. The molecule has 1 unspecified atom stereocenters. The van der Waals surface area contributed by atoms with E-state index in [-0.39, 0.29) is 10.8 Å². The molecule has 6 heteroatoms. The monoisotopic (exact) mass is 414 g/mol. The number of amidine groups is 1. The maximum absolute atomic E-state index is 12.0. The number of carbonyl (C=O) groups excluding carboxylic acids is 1. The van der Waals surface area contributed by atoms with Crippen molar-refractivity contribution in [1.82, 2.24) is 5.32 Å². The first-order valence-corrected chi connectivity index (χ1v) is 12.0. The average Bonchev–Trinajstić information content (AvgIpc) is 3.14. The van der Waals surface area contributed by atoms with Crippen LogP contribution in [0.4, 0.5) is 0 Å². The highest BCUT2D eigenvalue weighted by Gasteiger charge is 2.36. The van der Waals surface area contributed by atoms with E-state index in [1.165, 1.54) is 50.5 Å². The molecule has 1 atom stereocenters. The summed E-state index contributed by atoms with van der Waals surface area (Å²) in [6, 6.07) is 10.3. The SMILES string of the molecule is O=C1CCCCCCCCCCC2(CCCN1)N=NC(=NCc1ccccc1)S2. The number of nitrogens with one attached hydrogen (secondary N) is 1. The fraction of sp³-hybridized carbons (Fsp3) is 0.652. The lowest BCUT2D eigenvalue weighted by Gasteiger charge is -2.23. The molecule has 1 N–H and O–H groups in total. The van der Waals surface area contributed by atoms with E-state index < -0.39 is 0 Å². The van der Waals surface area contributed by atoms with E-state index in [2.05, 4.69) is 32.7 Å². The number of hydrogen-bond acceptors (Lipinski definition) is 4. The van der Waals surface area contributed by atoms with Crippen LogP contribution in [0, 0.1) is 0 Å². The topological polar surface area (TPSA) is 66.2 Å². The minimum Gasteiger partial charge on any atom is -0.356 e. The summed E-state index contributed by atoms with van der Waals surface area (Å²) < 4.78 is 0. The van der Waals surface area contributed by atoms with Crippen LogP contribution in [-0.2, 0) is 11.3 Å². The molecule has 1 fully saturated rings. The summed E-state index contributed by atoms with van der Waals surface area (Å²) in [7, 11) is 0. The Hall–Kier alpha value is -1.69. The average molecular weight is 415 g/mol. The zero-order valence-corrected chi connectivity index (χ0v) is 18.3. The summed E-state index contributed by atoms with van der Waals surface area (Å²) in [4.78, 5) is 16.5. The Bertz CT molecular complexity index is 691. The van der Waals surface area contributed by atoms with Gasteiger partial charge in [-0.05, 0) is 31.2 Å². The normalized spacial score (nSPS) is 26.6. The van der Waals surface area contributed by atoms with Gasteiger partial charge in [-0.25, -0.2) is 0 Å². The molecule has 0 aliphatic carbocycles. The summed E-state index contributed by atoms with van der Waals surface area (Å²) in [5.41, 5.74) is 1.19. The molecule has 158 valence electrons. The van der Waals surface area contributed by atoms with Gasteiger partial charge in [0.15, 0.2) is 0 Å². The molecule has 5 nitrogen and oxygen atoms in total. The number of nitrogens with zero attached hydrogens (tertiary/aromatic N) is 3. The second-order valence-corrected chi connectivity index (χ2v) is 9.44. The van der Waals surface area contributed by atoms with Gasteiger partial charge >= 0.3 is 0 Å². The first-order valence-electron chi connectivity index (χ1n) is 11.2. The van der Waals surface area contributed by atoms with Crippen molar-refractivity contribution in [3.8, 4) is 0 Å². The molecule has 0 saturated carbocycles. The molecule has 0 radical (unpaired) electrons. The molecule has 2 heterocycles. The van der Waals surface area contributed by atoms with Crippen molar-refractivity contribution in [1.29, 1.82) is 0 Å². The van der Waals surface area contributed by atoms with E-state index >= 15 is 0 Å². The van der Waals surface area contributed by atoms with Crippen LogP contribution in [0.25, 0.3) is 0 Å². The largest absolute Gasteiger partial charge is 0.356 e. The number of azo groups is 1. The molecule has 0 bridgehead atoms. The van der Waals surface area contributed by atoms with Gasteiger partial charge in [0, 0.05) is 13.0 Å². The molecular weight excluding hydrogens is 380 g/mol. The molecule has 29 heavy (non-hydrogen) atoms. The smallest absolute Gasteiger partial charge is 0.219 e. The summed E-state index contributed by atoms with van der Waals surface area (Å²) in [6.45, 7) is 1.38. The quantitative estimate of drug-likeness (QED) is 0.621. The van der Waals surface area contributed by atoms with Gasteiger partial charge in [-0.3, -0.25) is 9.79 Å². The van der Waals surface area contributed by atoms with Gasteiger partial charge in [-0.2, -0.15) is 5.11 Å². The highest BCUT2D eigenvalue weighted by molar-refractivity contribution is 8.15. The van der Waals surface area contributed by atoms with Crippen LogP contribution in [0.2, 0.25) is 0 Å². The van der Waals surface area contributed by atoms with Gasteiger partial charge in [0.1, 0.15) is 4.87 Å². The molecule has 1 aromatic rings. The third kappa shape index (κ3) is 7.92. The summed E-state index contributed by atoms with van der Waals surface area (Å²) in [6.07, 6.45) is 13.4. The lowest BCUT2D eigenvalue weighted by Crippen LogP contribution is -2.27. The molecule has 1 saturated heterocycles. The van der Waals surface area contributed by atoms with E-state index in [0.717, 1.165) is 37.4 Å². The second-order valence-electron chi connectivity index (χ2n) is 8.11. The van der Waals surface area contributed by atoms with E-state index in [0.29, 0.717) is 13.0 Å². The highest BCUT2D eigenvalue weighted by atomic mass is 32.2. The van der Waals surface area contributed by atoms with Gasteiger partial charge in [0.25, 0.3) is 0 Å². The van der Waals surface area contributed by atoms with Gasteiger partial charge in [0.2, 0.25) is 11.1 Å². The number of amides is 1. The van der Waals surface area contributed by atoms with E-state index in [1.807, 2.05) is 18.2 Å². The third-order valence-electron chi connectivity index (χ3n) is 5.63. The summed E-state index contributed by atoms with van der Waals surface area (Å²) >= 11 is 1.73. The summed E-state index contributed by atoms with van der Waals surface area (Å²) in [5.74, 6) is 0.192. The van der Waals surface area contributed by atoms with Crippen molar-refractivity contribution in [2.75, 3.05) is 6.54 Å². The van der Waals surface area contributed by atoms with Gasteiger partial charge in [-0.15, -0.1) is 5.11 Å². The van der Waals surface area contributed by atoms with Crippen molar-refractivity contribution in [2.45, 2.75) is 88.5 Å². The van der Waals surface area contributed by atoms with Crippen LogP contribution in [-0.4, -0.2) is 22.5 Å². The lowest BCUT2D eigenvalue weighted by atomic mass is 10.0. The van der Waals surface area contributed by atoms with Crippen LogP contribution < -0.4 is 5.32 Å². The van der Waals surface area contributed by atoms with Crippen molar-refractivity contribution < 1.29 is 4.79 Å². The summed E-state index contributed by atoms with van der Waals surface area (Å²) in [5, 5.41) is 13.0. The van der Waals surface area contributed by atoms with Gasteiger partial charge in [0.05, 0.1) is 6.54 Å². The minimum atomic E-state index is -0.197. The lowest BCUT2D eigenvalue weighted by molar-refractivity contribution is -0.121. The number of aliphatic imine (C=N–C) groups is 1. The molecule has 2 aliphatic heterocycles. The molecule has 1 spiro atoms. The molecule has 0 aromatic heterocycles. The highest BCUT2D eigenvalue weighted by Crippen LogP contribution is 2.43. The minimum absolute atomic E-state index is 0.192. The van der Waals surface area contributed by atoms with Crippen LogP contribution in [0.1, 0.15) is 82.6 Å². The standard InChI is InChI=1S/C23H34N4OS/c28-21-15-10-5-3-1-2-4-6-11-16-23(17-12-18-24-21)27-26-22(29-23)25-19-20-13-8-7-9-14-20/h7-9,13-14H,1-6,10-12,15-19H2,(H,24,28). The van der Waals surface area contributed by atoms with Gasteiger partial charge < -0.3 is 5.32 Å². The molecule has 3 rings (SSSR count). The Labute approximate surface area is 179 Å². The van der Waals surface area contributed by atoms with E-state index in [9.17, 15) is 4.79 Å². The van der Waals surface area contributed by atoms with Crippen molar-refractivity contribution in [3.05, 3.63) is 35.9 Å².